The van der Waals surface area contributed by atoms with Crippen molar-refractivity contribution in [2.75, 3.05) is 47.5 Å². The lowest BCUT2D eigenvalue weighted by molar-refractivity contribution is -0.870. The van der Waals surface area contributed by atoms with Gasteiger partial charge >= 0.3 is 11.9 Å². The van der Waals surface area contributed by atoms with E-state index in [2.05, 4.69) is 38.2 Å². The Hall–Kier alpha value is -1.51. The molecule has 0 rings (SSSR count). The zero-order valence-corrected chi connectivity index (χ0v) is 42.2. The number of unbranched alkanes of at least 4 members (excludes halogenated alkanes) is 30. The average Bonchev–Trinajstić information content (AvgIpc) is 3.23. The van der Waals surface area contributed by atoms with E-state index in [1.54, 1.807) is 0 Å². The highest BCUT2D eigenvalue weighted by Gasteiger charge is 2.21. The van der Waals surface area contributed by atoms with Gasteiger partial charge in [-0.25, -0.2) is 0 Å². The van der Waals surface area contributed by atoms with Crippen LogP contribution in [0.5, 0.6) is 0 Å². The fraction of sp³-hybridized carbons (Fsp3) is 0.885. The summed E-state index contributed by atoms with van der Waals surface area (Å²) in [5.41, 5.74) is 0. The van der Waals surface area contributed by atoms with Crippen LogP contribution in [0.2, 0.25) is 0 Å². The van der Waals surface area contributed by atoms with E-state index in [0.29, 0.717) is 17.4 Å². The lowest BCUT2D eigenvalue weighted by atomic mass is 10.1. The molecule has 1 unspecified atom stereocenters. The number of ether oxygens (including phenoxy) is 2. The molecule has 0 spiro atoms. The number of likely N-dealkylation sites (N-methyl/N-ethyl adjacent to an activating group) is 1. The van der Waals surface area contributed by atoms with E-state index >= 15 is 0 Å². The van der Waals surface area contributed by atoms with Gasteiger partial charge in [-0.15, -0.1) is 0 Å². The maximum atomic E-state index is 12.7. The molecular formula is C52H100NO8P. The largest absolute Gasteiger partial charge is 0.756 e. The van der Waals surface area contributed by atoms with Crippen LogP contribution in [0, 0.1) is 0 Å². The van der Waals surface area contributed by atoms with Gasteiger partial charge in [-0.3, -0.25) is 14.2 Å². The third-order valence-corrected chi connectivity index (χ3v) is 12.4. The first-order chi connectivity index (χ1) is 30.0. The number of phosphoric ester groups is 1. The number of esters is 2. The summed E-state index contributed by atoms with van der Waals surface area (Å²) >= 11 is 0. The third-order valence-electron chi connectivity index (χ3n) is 11.4. The second-order valence-electron chi connectivity index (χ2n) is 18.9. The first kappa shape index (κ1) is 60.5. The number of hydrogen-bond donors (Lipinski definition) is 0. The van der Waals surface area contributed by atoms with Crippen LogP contribution in [0.25, 0.3) is 0 Å². The average molecular weight is 898 g/mol. The van der Waals surface area contributed by atoms with E-state index in [9.17, 15) is 19.0 Å². The Morgan fingerprint density at radius 1 is 0.484 bits per heavy atom. The highest BCUT2D eigenvalue weighted by molar-refractivity contribution is 7.45. The minimum atomic E-state index is -4.63. The number of phosphoric acid groups is 1. The molecule has 9 nitrogen and oxygen atoms in total. The van der Waals surface area contributed by atoms with E-state index in [1.165, 1.54) is 154 Å². The minimum absolute atomic E-state index is 0.0308. The summed E-state index contributed by atoms with van der Waals surface area (Å²) in [4.78, 5) is 37.7. The van der Waals surface area contributed by atoms with Crippen LogP contribution in [0.15, 0.2) is 24.3 Å². The van der Waals surface area contributed by atoms with Crippen LogP contribution in [0.4, 0.5) is 0 Å². The molecule has 0 aliphatic rings. The van der Waals surface area contributed by atoms with Crippen LogP contribution in [0.3, 0.4) is 0 Å². The number of carbonyl (C=O) groups excluding carboxylic acids is 2. The molecule has 0 aromatic rings. The second kappa shape index (κ2) is 44.7. The molecule has 0 aliphatic heterocycles. The molecular weight excluding hydrogens is 798 g/mol. The molecule has 2 atom stereocenters. The molecule has 0 aromatic carbocycles. The lowest BCUT2D eigenvalue weighted by Gasteiger charge is -2.28. The van der Waals surface area contributed by atoms with Crippen LogP contribution >= 0.6 is 7.82 Å². The molecule has 10 heteroatoms. The van der Waals surface area contributed by atoms with Crippen molar-refractivity contribution >= 4 is 19.8 Å². The van der Waals surface area contributed by atoms with Crippen LogP contribution in [-0.2, 0) is 32.7 Å². The minimum Gasteiger partial charge on any atom is -0.756 e. The van der Waals surface area contributed by atoms with Gasteiger partial charge in [0.2, 0.25) is 0 Å². The van der Waals surface area contributed by atoms with E-state index in [4.69, 9.17) is 18.5 Å². The first-order valence-corrected chi connectivity index (χ1v) is 27.5. The molecule has 0 fully saturated rings. The fourth-order valence-corrected chi connectivity index (χ4v) is 8.08. The number of rotatable bonds is 48. The highest BCUT2D eigenvalue weighted by atomic mass is 31.2. The van der Waals surface area contributed by atoms with Crippen molar-refractivity contribution in [2.45, 2.75) is 251 Å². The predicted octanol–water partition coefficient (Wildman–Crippen LogP) is 14.8. The Kier molecular flexibility index (Phi) is 43.6. The van der Waals surface area contributed by atoms with Gasteiger partial charge in [0.05, 0.1) is 27.7 Å². The SMILES string of the molecule is CCCCCCCCCC/C=C\CCCCCCCCCC(=O)OC[C@H](COP(=O)([O-])OCC[N+](C)(C)C)OC(=O)CCCCCCCCC/C=C\CCCCCCCCCC. The van der Waals surface area contributed by atoms with Crippen molar-refractivity contribution in [3.8, 4) is 0 Å². The topological polar surface area (TPSA) is 111 Å². The molecule has 0 heterocycles. The zero-order valence-electron chi connectivity index (χ0n) is 41.3. The van der Waals surface area contributed by atoms with Crippen LogP contribution in [0.1, 0.15) is 245 Å². The monoisotopic (exact) mass is 898 g/mol. The van der Waals surface area contributed by atoms with E-state index < -0.39 is 26.5 Å². The van der Waals surface area contributed by atoms with E-state index in [1.807, 2.05) is 21.1 Å². The van der Waals surface area contributed by atoms with Gasteiger partial charge in [0.15, 0.2) is 6.10 Å². The van der Waals surface area contributed by atoms with Gasteiger partial charge < -0.3 is 27.9 Å². The van der Waals surface area contributed by atoms with Gasteiger partial charge in [-0.1, -0.05) is 192 Å². The normalized spacial score (nSPS) is 13.6. The van der Waals surface area contributed by atoms with E-state index in [-0.39, 0.29) is 32.0 Å². The number of quaternary nitrogens is 1. The van der Waals surface area contributed by atoms with Crippen molar-refractivity contribution in [3.63, 3.8) is 0 Å². The molecule has 0 saturated heterocycles. The predicted molar refractivity (Wildman–Crippen MR) is 259 cm³/mol. The van der Waals surface area contributed by atoms with Gasteiger partial charge in [0.25, 0.3) is 7.82 Å². The Labute approximate surface area is 383 Å². The van der Waals surface area contributed by atoms with Gasteiger partial charge in [-0.05, 0) is 64.2 Å². The highest BCUT2D eigenvalue weighted by Crippen LogP contribution is 2.38. The maximum absolute atomic E-state index is 12.7. The summed E-state index contributed by atoms with van der Waals surface area (Å²) in [6.45, 7) is 4.25. The van der Waals surface area contributed by atoms with Crippen molar-refractivity contribution in [1.29, 1.82) is 0 Å². The molecule has 0 aliphatic carbocycles. The standard InChI is InChI=1S/C52H100NO8P/c1-6-8-10-12-14-16-18-20-22-24-26-28-30-32-34-36-38-40-42-44-51(54)58-48-50(49-60-62(56,57)59-47-46-53(3,4)5)61-52(55)45-43-41-39-37-35-33-31-29-27-25-23-21-19-17-15-13-11-9-7-2/h24-27,50H,6-23,28-49H2,1-5H3/b26-24-,27-25-/t50-/m1/s1. The maximum Gasteiger partial charge on any atom is 0.306 e. The summed E-state index contributed by atoms with van der Waals surface area (Å²) in [6, 6.07) is 0. The molecule has 62 heavy (non-hydrogen) atoms. The van der Waals surface area contributed by atoms with Crippen molar-refractivity contribution in [1.82, 2.24) is 0 Å². The zero-order chi connectivity index (χ0) is 45.7. The summed E-state index contributed by atoms with van der Waals surface area (Å²) < 4.78 is 34.1. The summed E-state index contributed by atoms with van der Waals surface area (Å²) in [6.07, 6.45) is 50.6. The lowest BCUT2D eigenvalue weighted by Crippen LogP contribution is -2.37. The third kappa shape index (κ3) is 48.0. The number of hydrogen-bond acceptors (Lipinski definition) is 8. The van der Waals surface area contributed by atoms with Crippen LogP contribution < -0.4 is 4.89 Å². The van der Waals surface area contributed by atoms with E-state index in [0.717, 1.165) is 57.8 Å². The van der Waals surface area contributed by atoms with Crippen molar-refractivity contribution in [3.05, 3.63) is 24.3 Å². The number of carbonyl (C=O) groups is 2. The summed E-state index contributed by atoms with van der Waals surface area (Å²) in [5, 5.41) is 0. The number of nitrogens with zero attached hydrogens (tertiary/aromatic N) is 1. The molecule has 0 aromatic heterocycles. The summed E-state index contributed by atoms with van der Waals surface area (Å²) in [5.74, 6) is -0.834. The molecule has 0 bridgehead atoms. The smallest absolute Gasteiger partial charge is 0.306 e. The van der Waals surface area contributed by atoms with Crippen LogP contribution in [-0.4, -0.2) is 70.0 Å². The Balaban J connectivity index is 4.25. The first-order valence-electron chi connectivity index (χ1n) is 26.0. The molecule has 366 valence electrons. The number of allylic oxidation sites excluding steroid dienone is 4. The molecule has 0 radical (unpaired) electrons. The van der Waals surface area contributed by atoms with Gasteiger partial charge in [0.1, 0.15) is 19.8 Å². The Bertz CT molecular complexity index is 1110. The van der Waals surface area contributed by atoms with Gasteiger partial charge in [0, 0.05) is 12.8 Å². The molecule has 0 amide bonds. The quantitative estimate of drug-likeness (QED) is 0.0195. The van der Waals surface area contributed by atoms with Crippen molar-refractivity contribution < 1.29 is 42.1 Å². The fourth-order valence-electron chi connectivity index (χ4n) is 7.35. The van der Waals surface area contributed by atoms with Gasteiger partial charge in [-0.2, -0.15) is 0 Å². The van der Waals surface area contributed by atoms with Crippen molar-refractivity contribution in [2.24, 2.45) is 0 Å². The Morgan fingerprint density at radius 2 is 0.823 bits per heavy atom. The molecule has 0 saturated carbocycles. The summed E-state index contributed by atoms with van der Waals surface area (Å²) in [7, 11) is 1.17. The second-order valence-corrected chi connectivity index (χ2v) is 20.3. The Morgan fingerprint density at radius 3 is 1.19 bits per heavy atom. The molecule has 0 N–H and O–H groups in total.